The highest BCUT2D eigenvalue weighted by molar-refractivity contribution is 5.93. The Morgan fingerprint density at radius 3 is 1.36 bits per heavy atom. The van der Waals surface area contributed by atoms with Gasteiger partial charge < -0.3 is 18.9 Å². The number of rotatable bonds is 10. The summed E-state index contributed by atoms with van der Waals surface area (Å²) in [6.07, 6.45) is 0.710. The first kappa shape index (κ1) is 31.6. The largest absolute Gasteiger partial charge is 0.338 e. The van der Waals surface area contributed by atoms with E-state index in [-0.39, 0.29) is 11.8 Å². The third-order valence-corrected chi connectivity index (χ3v) is 8.79. The standard InChI is InChI=1S/C37H40N8O2/c1-7-44(8-2)36(46)28-15-11-13-26(38-28)34-40-30-22-24(17-19-32(30)42(34)5)21-25-18-20-33-31(23-25)41-35(43(33)6)27-14-12-16-29(39-27)37(47)45(9-3)10-4/h11-20,22-23H,7-10,21H2,1-6H3. The molecule has 0 atom stereocenters. The lowest BCUT2D eigenvalue weighted by Crippen LogP contribution is -2.31. The number of hydrogen-bond acceptors (Lipinski definition) is 6. The van der Waals surface area contributed by atoms with Gasteiger partial charge in [0.2, 0.25) is 0 Å². The lowest BCUT2D eigenvalue weighted by Gasteiger charge is -2.18. The lowest BCUT2D eigenvalue weighted by molar-refractivity contribution is 0.0759. The van der Waals surface area contributed by atoms with E-state index < -0.39 is 0 Å². The summed E-state index contributed by atoms with van der Waals surface area (Å²) in [4.78, 5) is 48.6. The second kappa shape index (κ2) is 13.2. The molecule has 10 heteroatoms. The average Bonchev–Trinajstić information content (AvgIpc) is 3.61. The summed E-state index contributed by atoms with van der Waals surface area (Å²) in [7, 11) is 3.95. The minimum atomic E-state index is -0.0786. The molecule has 0 saturated carbocycles. The molecule has 6 aromatic rings. The van der Waals surface area contributed by atoms with Crippen molar-refractivity contribution in [2.45, 2.75) is 34.1 Å². The fourth-order valence-electron chi connectivity index (χ4n) is 6.11. The van der Waals surface area contributed by atoms with E-state index in [1.807, 2.05) is 75.2 Å². The van der Waals surface area contributed by atoms with Crippen molar-refractivity contribution in [1.29, 1.82) is 0 Å². The number of pyridine rings is 2. The van der Waals surface area contributed by atoms with E-state index >= 15 is 0 Å². The monoisotopic (exact) mass is 628 g/mol. The Balaban J connectivity index is 1.27. The Hall–Kier alpha value is -5.38. The van der Waals surface area contributed by atoms with Gasteiger partial charge in [0.25, 0.3) is 11.8 Å². The molecule has 10 nitrogen and oxygen atoms in total. The van der Waals surface area contributed by atoms with Crippen LogP contribution in [0.3, 0.4) is 0 Å². The molecule has 0 aliphatic heterocycles. The molecular formula is C37H40N8O2. The second-order valence-electron chi connectivity index (χ2n) is 11.6. The van der Waals surface area contributed by atoms with Gasteiger partial charge in [0.1, 0.15) is 22.8 Å². The number of benzene rings is 2. The Kier molecular flexibility index (Phi) is 8.84. The minimum absolute atomic E-state index is 0.0786. The molecule has 0 aliphatic carbocycles. The highest BCUT2D eigenvalue weighted by Gasteiger charge is 2.19. The fraction of sp³-hybridized carbons (Fsp3) is 0.297. The van der Waals surface area contributed by atoms with Crippen molar-refractivity contribution in [1.82, 2.24) is 38.9 Å². The van der Waals surface area contributed by atoms with Gasteiger partial charge in [-0.15, -0.1) is 0 Å². The fourth-order valence-corrected chi connectivity index (χ4v) is 6.11. The maximum absolute atomic E-state index is 12.9. The van der Waals surface area contributed by atoms with Crippen LogP contribution in [0.5, 0.6) is 0 Å². The van der Waals surface area contributed by atoms with Crippen LogP contribution in [-0.4, -0.2) is 76.9 Å². The van der Waals surface area contributed by atoms with Crippen LogP contribution in [-0.2, 0) is 20.5 Å². The lowest BCUT2D eigenvalue weighted by atomic mass is 10.0. The number of carbonyl (C=O) groups excluding carboxylic acids is 2. The van der Waals surface area contributed by atoms with E-state index in [9.17, 15) is 9.59 Å². The van der Waals surface area contributed by atoms with Crippen molar-refractivity contribution < 1.29 is 9.59 Å². The van der Waals surface area contributed by atoms with E-state index in [1.54, 1.807) is 21.9 Å². The van der Waals surface area contributed by atoms with Crippen LogP contribution in [0, 0.1) is 0 Å². The molecule has 0 radical (unpaired) electrons. The van der Waals surface area contributed by atoms with Gasteiger partial charge in [-0.1, -0.05) is 24.3 Å². The zero-order valence-corrected chi connectivity index (χ0v) is 27.9. The smallest absolute Gasteiger partial charge is 0.272 e. The molecule has 0 saturated heterocycles. The molecule has 4 heterocycles. The Morgan fingerprint density at radius 1 is 0.574 bits per heavy atom. The Morgan fingerprint density at radius 2 is 0.979 bits per heavy atom. The third kappa shape index (κ3) is 5.98. The molecule has 240 valence electrons. The number of carbonyl (C=O) groups is 2. The minimum Gasteiger partial charge on any atom is -0.338 e. The van der Waals surface area contributed by atoms with Gasteiger partial charge in [-0.2, -0.15) is 0 Å². The average molecular weight is 629 g/mol. The Labute approximate surface area is 274 Å². The van der Waals surface area contributed by atoms with Gasteiger partial charge in [0.15, 0.2) is 11.6 Å². The van der Waals surface area contributed by atoms with E-state index in [2.05, 4.69) is 46.4 Å². The summed E-state index contributed by atoms with van der Waals surface area (Å²) in [6, 6.07) is 23.7. The molecule has 47 heavy (non-hydrogen) atoms. The number of aromatic nitrogens is 6. The maximum Gasteiger partial charge on any atom is 0.272 e. The van der Waals surface area contributed by atoms with Crippen molar-refractivity contribution in [2.75, 3.05) is 26.2 Å². The van der Waals surface area contributed by atoms with Gasteiger partial charge in [0, 0.05) is 40.3 Å². The number of amides is 2. The van der Waals surface area contributed by atoms with Crippen LogP contribution < -0.4 is 0 Å². The number of nitrogens with zero attached hydrogens (tertiary/aromatic N) is 8. The maximum atomic E-state index is 12.9. The number of imidazole rings is 2. The van der Waals surface area contributed by atoms with E-state index in [1.165, 1.54) is 0 Å². The van der Waals surface area contributed by atoms with E-state index in [0.29, 0.717) is 67.0 Å². The van der Waals surface area contributed by atoms with Gasteiger partial charge in [-0.25, -0.2) is 19.9 Å². The first-order valence-electron chi connectivity index (χ1n) is 16.2. The molecule has 2 aromatic carbocycles. The van der Waals surface area contributed by atoms with Crippen LogP contribution in [0.4, 0.5) is 0 Å². The van der Waals surface area contributed by atoms with Crippen molar-refractivity contribution in [2.24, 2.45) is 14.1 Å². The molecule has 0 N–H and O–H groups in total. The zero-order chi connectivity index (χ0) is 33.2. The van der Waals surface area contributed by atoms with Crippen LogP contribution in [0.15, 0.2) is 72.8 Å². The van der Waals surface area contributed by atoms with Crippen molar-refractivity contribution in [3.8, 4) is 23.0 Å². The van der Waals surface area contributed by atoms with Crippen molar-refractivity contribution in [3.63, 3.8) is 0 Å². The molecule has 0 bridgehead atoms. The van der Waals surface area contributed by atoms with Crippen LogP contribution in [0.2, 0.25) is 0 Å². The first-order chi connectivity index (χ1) is 22.8. The summed E-state index contributed by atoms with van der Waals surface area (Å²) in [5.74, 6) is 1.27. The van der Waals surface area contributed by atoms with Gasteiger partial charge >= 0.3 is 0 Å². The van der Waals surface area contributed by atoms with Crippen LogP contribution in [0.25, 0.3) is 45.1 Å². The topological polar surface area (TPSA) is 102 Å². The van der Waals surface area contributed by atoms with Crippen LogP contribution in [0.1, 0.15) is 59.8 Å². The predicted octanol–water partition coefficient (Wildman–Crippen LogP) is 6.14. The van der Waals surface area contributed by atoms with E-state index in [4.69, 9.17) is 9.97 Å². The van der Waals surface area contributed by atoms with Gasteiger partial charge in [-0.3, -0.25) is 9.59 Å². The summed E-state index contributed by atoms with van der Waals surface area (Å²) >= 11 is 0. The Bertz CT molecular complexity index is 1950. The molecule has 2 amide bonds. The second-order valence-corrected chi connectivity index (χ2v) is 11.6. The van der Waals surface area contributed by atoms with Crippen molar-refractivity contribution in [3.05, 3.63) is 95.3 Å². The summed E-state index contributed by atoms with van der Waals surface area (Å²) in [5.41, 5.74) is 8.14. The molecule has 6 rings (SSSR count). The summed E-state index contributed by atoms with van der Waals surface area (Å²) < 4.78 is 4.04. The zero-order valence-electron chi connectivity index (χ0n) is 27.9. The SMILES string of the molecule is CCN(CC)C(=O)c1cccc(-c2nc3cc(Cc4ccc5c(c4)nc(-c4cccc(C(=O)N(CC)CC)n4)n5C)ccc3n2C)n1. The first-order valence-corrected chi connectivity index (χ1v) is 16.2. The summed E-state index contributed by atoms with van der Waals surface area (Å²) in [5, 5.41) is 0. The quantitative estimate of drug-likeness (QED) is 0.181. The molecule has 4 aromatic heterocycles. The number of fused-ring (bicyclic) bond motifs is 2. The van der Waals surface area contributed by atoms with E-state index in [0.717, 1.165) is 33.2 Å². The molecule has 0 unspecified atom stereocenters. The predicted molar refractivity (Wildman–Crippen MR) is 185 cm³/mol. The normalized spacial score (nSPS) is 11.4. The molecular weight excluding hydrogens is 588 g/mol. The van der Waals surface area contributed by atoms with Crippen molar-refractivity contribution >= 4 is 33.9 Å². The highest BCUT2D eigenvalue weighted by atomic mass is 16.2. The highest BCUT2D eigenvalue weighted by Crippen LogP contribution is 2.27. The molecule has 0 spiro atoms. The van der Waals surface area contributed by atoms with Gasteiger partial charge in [-0.05, 0) is 93.8 Å². The molecule has 0 fully saturated rings. The number of hydrogen-bond donors (Lipinski definition) is 0. The van der Waals surface area contributed by atoms with Gasteiger partial charge in [0.05, 0.1) is 22.1 Å². The number of aryl methyl sites for hydroxylation is 2. The summed E-state index contributed by atoms with van der Waals surface area (Å²) in [6.45, 7) is 10.4. The third-order valence-electron chi connectivity index (χ3n) is 8.79. The van der Waals surface area contributed by atoms with Crippen LogP contribution >= 0.6 is 0 Å². The molecule has 0 aliphatic rings.